The summed E-state index contributed by atoms with van der Waals surface area (Å²) in [5.41, 5.74) is 4.15. The first-order chi connectivity index (χ1) is 8.51. The van der Waals surface area contributed by atoms with Gasteiger partial charge in [-0.05, 0) is 26.0 Å². The average Bonchev–Trinajstić information content (AvgIpc) is 2.25. The summed E-state index contributed by atoms with van der Waals surface area (Å²) in [5.74, 6) is 0. The maximum atomic E-state index is 3.48. The van der Waals surface area contributed by atoms with Crippen LogP contribution in [0.2, 0.25) is 0 Å². The summed E-state index contributed by atoms with van der Waals surface area (Å²) >= 11 is 0. The molecule has 0 heterocycles. The lowest BCUT2D eigenvalue weighted by molar-refractivity contribution is 0.276. The fraction of sp³-hybridized carbons (Fsp3) is 0.625. The highest BCUT2D eigenvalue weighted by Crippen LogP contribution is 2.11. The van der Waals surface area contributed by atoms with Crippen molar-refractivity contribution >= 4 is 0 Å². The van der Waals surface area contributed by atoms with Gasteiger partial charge in [0, 0.05) is 25.7 Å². The molecule has 1 aromatic carbocycles. The lowest BCUT2D eigenvalue weighted by Gasteiger charge is -2.22. The molecule has 0 bridgehead atoms. The van der Waals surface area contributed by atoms with Crippen LogP contribution in [0.15, 0.2) is 18.2 Å². The number of nitrogens with zero attached hydrogens (tertiary/aromatic N) is 1. The summed E-state index contributed by atoms with van der Waals surface area (Å²) in [7, 11) is 0. The van der Waals surface area contributed by atoms with E-state index in [1.165, 1.54) is 16.7 Å². The second kappa shape index (κ2) is 7.55. The summed E-state index contributed by atoms with van der Waals surface area (Å²) in [5, 5.41) is 3.48. The molecule has 0 aliphatic rings. The molecule has 0 fully saturated rings. The summed E-state index contributed by atoms with van der Waals surface area (Å²) in [6, 6.07) is 7.40. The molecule has 0 aromatic heterocycles. The van der Waals surface area contributed by atoms with E-state index in [9.17, 15) is 0 Å². The quantitative estimate of drug-likeness (QED) is 0.797. The van der Waals surface area contributed by atoms with Gasteiger partial charge in [0.05, 0.1) is 0 Å². The first-order valence-electron chi connectivity index (χ1n) is 7.04. The standard InChI is InChI=1S/C16H28N2/c1-6-18(8-7-17-13(2)3)12-16-10-14(4)9-15(5)11-16/h9-11,13,17H,6-8,12H2,1-5H3. The molecule has 0 saturated carbocycles. The average molecular weight is 248 g/mol. The second-order valence-corrected chi connectivity index (χ2v) is 5.47. The van der Waals surface area contributed by atoms with Crippen LogP contribution >= 0.6 is 0 Å². The predicted octanol–water partition coefficient (Wildman–Crippen LogP) is 3.12. The van der Waals surface area contributed by atoms with Gasteiger partial charge in [-0.3, -0.25) is 4.90 Å². The van der Waals surface area contributed by atoms with Crippen molar-refractivity contribution in [3.8, 4) is 0 Å². The molecule has 0 radical (unpaired) electrons. The van der Waals surface area contributed by atoms with Crippen molar-refractivity contribution < 1.29 is 0 Å². The number of likely N-dealkylation sites (N-methyl/N-ethyl adjacent to an activating group) is 1. The predicted molar refractivity (Wildman–Crippen MR) is 80.0 cm³/mol. The first-order valence-corrected chi connectivity index (χ1v) is 7.04. The van der Waals surface area contributed by atoms with Gasteiger partial charge in [-0.1, -0.05) is 50.1 Å². The highest BCUT2D eigenvalue weighted by atomic mass is 15.1. The van der Waals surface area contributed by atoms with E-state index in [4.69, 9.17) is 0 Å². The van der Waals surface area contributed by atoms with E-state index in [0.29, 0.717) is 6.04 Å². The smallest absolute Gasteiger partial charge is 0.0234 e. The zero-order valence-electron chi connectivity index (χ0n) is 12.6. The van der Waals surface area contributed by atoms with Gasteiger partial charge in [0.2, 0.25) is 0 Å². The van der Waals surface area contributed by atoms with Crippen molar-refractivity contribution in [3.63, 3.8) is 0 Å². The minimum absolute atomic E-state index is 0.574. The molecule has 1 aromatic rings. The van der Waals surface area contributed by atoms with E-state index in [2.05, 4.69) is 63.0 Å². The minimum atomic E-state index is 0.574. The van der Waals surface area contributed by atoms with E-state index < -0.39 is 0 Å². The number of hydrogen-bond acceptors (Lipinski definition) is 2. The third kappa shape index (κ3) is 5.65. The number of hydrogen-bond donors (Lipinski definition) is 1. The second-order valence-electron chi connectivity index (χ2n) is 5.47. The molecule has 0 aliphatic carbocycles. The third-order valence-electron chi connectivity index (χ3n) is 3.12. The Bertz CT molecular complexity index is 338. The van der Waals surface area contributed by atoms with Gasteiger partial charge in [-0.25, -0.2) is 0 Å². The van der Waals surface area contributed by atoms with Crippen LogP contribution in [0.25, 0.3) is 0 Å². The summed E-state index contributed by atoms with van der Waals surface area (Å²) in [6.07, 6.45) is 0. The summed E-state index contributed by atoms with van der Waals surface area (Å²) < 4.78 is 0. The zero-order valence-corrected chi connectivity index (χ0v) is 12.6. The van der Waals surface area contributed by atoms with Crippen LogP contribution in [0.4, 0.5) is 0 Å². The zero-order chi connectivity index (χ0) is 13.5. The highest BCUT2D eigenvalue weighted by molar-refractivity contribution is 5.28. The van der Waals surface area contributed by atoms with Crippen molar-refractivity contribution in [2.45, 2.75) is 47.2 Å². The van der Waals surface area contributed by atoms with Gasteiger partial charge < -0.3 is 5.32 Å². The topological polar surface area (TPSA) is 15.3 Å². The van der Waals surface area contributed by atoms with Gasteiger partial charge in [-0.15, -0.1) is 0 Å². The van der Waals surface area contributed by atoms with E-state index in [0.717, 1.165) is 26.2 Å². The Morgan fingerprint density at radius 2 is 1.72 bits per heavy atom. The van der Waals surface area contributed by atoms with Crippen LogP contribution in [0, 0.1) is 13.8 Å². The Hall–Kier alpha value is -0.860. The van der Waals surface area contributed by atoms with E-state index in [1.807, 2.05) is 0 Å². The molecule has 2 heteroatoms. The van der Waals surface area contributed by atoms with Gasteiger partial charge in [0.15, 0.2) is 0 Å². The van der Waals surface area contributed by atoms with Crippen LogP contribution in [-0.4, -0.2) is 30.6 Å². The van der Waals surface area contributed by atoms with Gasteiger partial charge >= 0.3 is 0 Å². The van der Waals surface area contributed by atoms with Gasteiger partial charge in [0.1, 0.15) is 0 Å². The van der Waals surface area contributed by atoms with Crippen LogP contribution in [0.3, 0.4) is 0 Å². The Kier molecular flexibility index (Phi) is 6.37. The minimum Gasteiger partial charge on any atom is -0.313 e. The molecule has 0 atom stereocenters. The van der Waals surface area contributed by atoms with Crippen molar-refractivity contribution in [2.24, 2.45) is 0 Å². The van der Waals surface area contributed by atoms with E-state index >= 15 is 0 Å². The molecule has 102 valence electrons. The number of benzene rings is 1. The Morgan fingerprint density at radius 3 is 2.22 bits per heavy atom. The Labute approximate surface area is 112 Å². The summed E-state index contributed by atoms with van der Waals surface area (Å²) in [6.45, 7) is 15.3. The highest BCUT2D eigenvalue weighted by Gasteiger charge is 2.04. The maximum Gasteiger partial charge on any atom is 0.0234 e. The van der Waals surface area contributed by atoms with Crippen molar-refractivity contribution in [2.75, 3.05) is 19.6 Å². The van der Waals surface area contributed by atoms with Crippen LogP contribution < -0.4 is 5.32 Å². The third-order valence-corrected chi connectivity index (χ3v) is 3.12. The fourth-order valence-electron chi connectivity index (χ4n) is 2.28. The molecule has 0 unspecified atom stereocenters. The largest absolute Gasteiger partial charge is 0.313 e. The lowest BCUT2D eigenvalue weighted by atomic mass is 10.1. The molecule has 1 rings (SSSR count). The molecule has 0 amide bonds. The molecule has 2 nitrogen and oxygen atoms in total. The SMILES string of the molecule is CCN(CCNC(C)C)Cc1cc(C)cc(C)c1. The first kappa shape index (κ1) is 15.2. The summed E-state index contributed by atoms with van der Waals surface area (Å²) in [4.78, 5) is 2.49. The Balaban J connectivity index is 2.51. The number of nitrogens with one attached hydrogen (secondary N) is 1. The number of rotatable bonds is 7. The molecule has 0 saturated heterocycles. The molecular weight excluding hydrogens is 220 g/mol. The molecule has 1 N–H and O–H groups in total. The number of aryl methyl sites for hydroxylation is 2. The molecular formula is C16H28N2. The van der Waals surface area contributed by atoms with Gasteiger partial charge in [-0.2, -0.15) is 0 Å². The van der Waals surface area contributed by atoms with Gasteiger partial charge in [0.25, 0.3) is 0 Å². The van der Waals surface area contributed by atoms with Crippen molar-refractivity contribution in [1.82, 2.24) is 10.2 Å². The Morgan fingerprint density at radius 1 is 1.11 bits per heavy atom. The van der Waals surface area contributed by atoms with Crippen LogP contribution in [0.5, 0.6) is 0 Å². The van der Waals surface area contributed by atoms with Crippen LogP contribution in [0.1, 0.15) is 37.5 Å². The van der Waals surface area contributed by atoms with Crippen LogP contribution in [-0.2, 0) is 6.54 Å². The van der Waals surface area contributed by atoms with Crippen molar-refractivity contribution in [1.29, 1.82) is 0 Å². The molecule has 0 aliphatic heterocycles. The maximum absolute atomic E-state index is 3.48. The monoisotopic (exact) mass is 248 g/mol. The van der Waals surface area contributed by atoms with E-state index in [1.54, 1.807) is 0 Å². The fourth-order valence-corrected chi connectivity index (χ4v) is 2.28. The lowest BCUT2D eigenvalue weighted by Crippen LogP contribution is -2.34. The normalized spacial score (nSPS) is 11.5. The van der Waals surface area contributed by atoms with Crippen molar-refractivity contribution in [3.05, 3.63) is 34.9 Å². The van der Waals surface area contributed by atoms with E-state index in [-0.39, 0.29) is 0 Å². The molecule has 18 heavy (non-hydrogen) atoms. The molecule has 0 spiro atoms.